The van der Waals surface area contributed by atoms with Gasteiger partial charge in [0.2, 0.25) is 0 Å². The lowest BCUT2D eigenvalue weighted by Gasteiger charge is -2.50. The SMILES string of the molecule is COc1c(F)cc(C2(O)CC3COCC(C2)N3C)cc1F. The molecular formula is C15H19F2NO3. The van der Waals surface area contributed by atoms with Gasteiger partial charge in [-0.15, -0.1) is 0 Å². The second-order valence-electron chi connectivity index (χ2n) is 5.92. The van der Waals surface area contributed by atoms with Crippen molar-refractivity contribution in [1.29, 1.82) is 0 Å². The number of nitrogens with zero attached hydrogens (tertiary/aromatic N) is 1. The minimum atomic E-state index is -1.24. The van der Waals surface area contributed by atoms with Crippen LogP contribution < -0.4 is 4.74 Å². The monoisotopic (exact) mass is 299 g/mol. The molecule has 2 aliphatic heterocycles. The largest absolute Gasteiger partial charge is 0.491 e. The Bertz CT molecular complexity index is 515. The van der Waals surface area contributed by atoms with Crippen LogP contribution in [0, 0.1) is 11.6 Å². The van der Waals surface area contributed by atoms with Gasteiger partial charge in [0.1, 0.15) is 0 Å². The van der Waals surface area contributed by atoms with Crippen molar-refractivity contribution in [2.45, 2.75) is 30.5 Å². The lowest BCUT2D eigenvalue weighted by atomic mass is 9.77. The molecule has 0 amide bonds. The van der Waals surface area contributed by atoms with E-state index in [1.165, 1.54) is 19.2 Å². The van der Waals surface area contributed by atoms with E-state index in [-0.39, 0.29) is 17.6 Å². The molecule has 1 N–H and O–H groups in total. The average Bonchev–Trinajstić information content (AvgIpc) is 2.40. The van der Waals surface area contributed by atoms with Crippen LogP contribution in [0.25, 0.3) is 0 Å². The normalized spacial score (nSPS) is 33.0. The van der Waals surface area contributed by atoms with E-state index in [1.54, 1.807) is 0 Å². The Balaban J connectivity index is 1.96. The Labute approximate surface area is 122 Å². The first-order valence-electron chi connectivity index (χ1n) is 7.00. The third kappa shape index (κ3) is 2.41. The average molecular weight is 299 g/mol. The number of hydrogen-bond acceptors (Lipinski definition) is 4. The predicted octanol–water partition coefficient (Wildman–Crippen LogP) is 1.65. The fraction of sp³-hybridized carbons (Fsp3) is 0.600. The number of methoxy groups -OCH3 is 1. The van der Waals surface area contributed by atoms with Crippen molar-refractivity contribution in [3.63, 3.8) is 0 Å². The van der Waals surface area contributed by atoms with Crippen LogP contribution in [0.4, 0.5) is 8.78 Å². The molecule has 1 aromatic rings. The van der Waals surface area contributed by atoms with Crippen LogP contribution in [0.15, 0.2) is 12.1 Å². The molecule has 0 radical (unpaired) electrons. The highest BCUT2D eigenvalue weighted by Gasteiger charge is 2.46. The smallest absolute Gasteiger partial charge is 0.190 e. The molecule has 116 valence electrons. The first-order chi connectivity index (χ1) is 9.94. The molecule has 2 fully saturated rings. The van der Waals surface area contributed by atoms with Gasteiger partial charge in [-0.25, -0.2) is 8.78 Å². The standard InChI is InChI=1S/C15H19F2NO3/c1-18-10-5-15(19,6-11(18)8-21-7-10)9-3-12(16)14(20-2)13(17)4-9/h3-4,10-11,19H,5-8H2,1-2H3. The molecule has 1 aromatic carbocycles. The molecule has 0 saturated carbocycles. The number of fused-ring (bicyclic) bond motifs is 2. The van der Waals surface area contributed by atoms with E-state index in [9.17, 15) is 13.9 Å². The number of halogens is 2. The molecule has 2 heterocycles. The Morgan fingerprint density at radius 1 is 1.24 bits per heavy atom. The highest BCUT2D eigenvalue weighted by molar-refractivity contribution is 5.35. The van der Waals surface area contributed by atoms with E-state index in [1.807, 2.05) is 7.05 Å². The van der Waals surface area contributed by atoms with Crippen molar-refractivity contribution in [2.24, 2.45) is 0 Å². The summed E-state index contributed by atoms with van der Waals surface area (Å²) in [7, 11) is 3.21. The minimum absolute atomic E-state index is 0.0516. The number of piperidine rings is 1. The number of aliphatic hydroxyl groups is 1. The summed E-state index contributed by atoms with van der Waals surface area (Å²) in [5.74, 6) is -2.00. The van der Waals surface area contributed by atoms with E-state index in [4.69, 9.17) is 4.74 Å². The number of likely N-dealkylation sites (N-methyl/N-ethyl adjacent to an activating group) is 1. The molecule has 2 aliphatic rings. The second kappa shape index (κ2) is 5.19. The molecule has 2 atom stereocenters. The maximum atomic E-state index is 13.9. The van der Waals surface area contributed by atoms with Crippen LogP contribution in [0.5, 0.6) is 5.75 Å². The lowest BCUT2D eigenvalue weighted by Crippen LogP contribution is -2.59. The number of benzene rings is 1. The predicted molar refractivity (Wildman–Crippen MR) is 72.2 cm³/mol. The molecular weight excluding hydrogens is 280 g/mol. The summed E-state index contributed by atoms with van der Waals surface area (Å²) < 4.78 is 38.0. The van der Waals surface area contributed by atoms with Gasteiger partial charge < -0.3 is 14.6 Å². The maximum absolute atomic E-state index is 13.9. The van der Waals surface area contributed by atoms with Crippen molar-refractivity contribution < 1.29 is 23.4 Å². The number of rotatable bonds is 2. The first-order valence-corrected chi connectivity index (χ1v) is 7.00. The third-order valence-corrected chi connectivity index (χ3v) is 4.66. The molecule has 2 unspecified atom stereocenters. The maximum Gasteiger partial charge on any atom is 0.190 e. The highest BCUT2D eigenvalue weighted by Crippen LogP contribution is 2.41. The van der Waals surface area contributed by atoms with E-state index in [2.05, 4.69) is 9.64 Å². The molecule has 4 nitrogen and oxygen atoms in total. The second-order valence-corrected chi connectivity index (χ2v) is 5.92. The van der Waals surface area contributed by atoms with Crippen LogP contribution in [-0.4, -0.2) is 49.5 Å². The number of hydrogen-bond donors (Lipinski definition) is 1. The molecule has 0 aromatic heterocycles. The highest BCUT2D eigenvalue weighted by atomic mass is 19.1. The zero-order chi connectivity index (χ0) is 15.2. The molecule has 21 heavy (non-hydrogen) atoms. The van der Waals surface area contributed by atoms with Gasteiger partial charge in [0, 0.05) is 12.1 Å². The summed E-state index contributed by atoms with van der Waals surface area (Å²) in [5.41, 5.74) is -0.970. The van der Waals surface area contributed by atoms with Crippen molar-refractivity contribution in [3.8, 4) is 5.75 Å². The van der Waals surface area contributed by atoms with Gasteiger partial charge in [-0.2, -0.15) is 0 Å². The van der Waals surface area contributed by atoms with Gasteiger partial charge in [0.05, 0.1) is 25.9 Å². The molecule has 3 rings (SSSR count). The summed E-state index contributed by atoms with van der Waals surface area (Å²) in [6, 6.07) is 2.44. The fourth-order valence-electron chi connectivity index (χ4n) is 3.40. The summed E-state index contributed by atoms with van der Waals surface area (Å²) in [5, 5.41) is 10.9. The fourth-order valence-corrected chi connectivity index (χ4v) is 3.40. The summed E-state index contributed by atoms with van der Waals surface area (Å²) in [6.07, 6.45) is 0.788. The lowest BCUT2D eigenvalue weighted by molar-refractivity contribution is -0.137. The van der Waals surface area contributed by atoms with Crippen molar-refractivity contribution in [2.75, 3.05) is 27.4 Å². The van der Waals surface area contributed by atoms with E-state index >= 15 is 0 Å². The van der Waals surface area contributed by atoms with Crippen LogP contribution in [0.3, 0.4) is 0 Å². The molecule has 0 spiro atoms. The van der Waals surface area contributed by atoms with Crippen LogP contribution >= 0.6 is 0 Å². The van der Waals surface area contributed by atoms with E-state index < -0.39 is 23.0 Å². The Hall–Kier alpha value is -1.24. The summed E-state index contributed by atoms with van der Waals surface area (Å²) >= 11 is 0. The van der Waals surface area contributed by atoms with Crippen molar-refractivity contribution in [1.82, 2.24) is 4.90 Å². The number of morpholine rings is 1. The number of ether oxygens (including phenoxy) is 2. The topological polar surface area (TPSA) is 41.9 Å². The molecule has 6 heteroatoms. The van der Waals surface area contributed by atoms with Gasteiger partial charge in [-0.3, -0.25) is 4.90 Å². The van der Waals surface area contributed by atoms with Gasteiger partial charge in [0.25, 0.3) is 0 Å². The zero-order valence-electron chi connectivity index (χ0n) is 12.1. The zero-order valence-corrected chi connectivity index (χ0v) is 12.1. The van der Waals surface area contributed by atoms with E-state index in [0.717, 1.165) is 0 Å². The Morgan fingerprint density at radius 3 is 2.24 bits per heavy atom. The summed E-state index contributed by atoms with van der Waals surface area (Å²) in [4.78, 5) is 2.17. The van der Waals surface area contributed by atoms with Crippen molar-refractivity contribution >= 4 is 0 Å². The van der Waals surface area contributed by atoms with E-state index in [0.29, 0.717) is 26.1 Å². The minimum Gasteiger partial charge on any atom is -0.491 e. The third-order valence-electron chi connectivity index (χ3n) is 4.66. The first kappa shape index (κ1) is 14.7. The quantitative estimate of drug-likeness (QED) is 0.902. The molecule has 0 aliphatic carbocycles. The van der Waals surface area contributed by atoms with Crippen LogP contribution in [0.2, 0.25) is 0 Å². The van der Waals surface area contributed by atoms with Gasteiger partial charge in [-0.1, -0.05) is 0 Å². The molecule has 2 saturated heterocycles. The summed E-state index contributed by atoms with van der Waals surface area (Å²) in [6.45, 7) is 1.05. The van der Waals surface area contributed by atoms with Gasteiger partial charge in [0.15, 0.2) is 17.4 Å². The Morgan fingerprint density at radius 2 is 1.76 bits per heavy atom. The van der Waals surface area contributed by atoms with Crippen LogP contribution in [0.1, 0.15) is 18.4 Å². The van der Waals surface area contributed by atoms with Gasteiger partial charge >= 0.3 is 0 Å². The van der Waals surface area contributed by atoms with Gasteiger partial charge in [-0.05, 0) is 37.6 Å². The van der Waals surface area contributed by atoms with Crippen LogP contribution in [-0.2, 0) is 10.3 Å². The Kier molecular flexibility index (Phi) is 3.63. The molecule has 2 bridgehead atoms. The van der Waals surface area contributed by atoms with Crippen molar-refractivity contribution in [3.05, 3.63) is 29.3 Å².